The molecular weight excluding hydrogens is 406 g/mol. The Bertz CT molecular complexity index is 774. The van der Waals surface area contributed by atoms with Crippen molar-refractivity contribution in [2.45, 2.75) is 51.5 Å². The van der Waals surface area contributed by atoms with Crippen molar-refractivity contribution in [3.63, 3.8) is 0 Å². The number of rotatable bonds is 8. The monoisotopic (exact) mass is 443 g/mol. The largest absolute Gasteiger partial charge is 0.497 e. The summed E-state index contributed by atoms with van der Waals surface area (Å²) < 4.78 is 5.12. The Balaban J connectivity index is 1.43. The molecule has 1 atom stereocenters. The van der Waals surface area contributed by atoms with Gasteiger partial charge in [-0.1, -0.05) is 19.3 Å². The highest BCUT2D eigenvalue weighted by Crippen LogP contribution is 2.26. The standard InChI is InChI=1S/C24H37N5O3/c1-3-25-24(27-15-14-26-22(30)18-9-11-21(32-2)12-10-18)28-20-13-16-29(17-20)23(31)19-7-5-4-6-8-19/h9-12,19-20H,3-8,13-17H2,1-2H3,(H,26,30)(H2,25,27,28). The number of hydrogen-bond donors (Lipinski definition) is 3. The number of methoxy groups -OCH3 is 1. The summed E-state index contributed by atoms with van der Waals surface area (Å²) in [6.07, 6.45) is 6.63. The fourth-order valence-corrected chi connectivity index (χ4v) is 4.38. The molecule has 8 heteroatoms. The number of ether oxygens (including phenoxy) is 1. The summed E-state index contributed by atoms with van der Waals surface area (Å²) in [6.45, 7) is 5.23. The van der Waals surface area contributed by atoms with Crippen LogP contribution < -0.4 is 20.7 Å². The quantitative estimate of drug-likeness (QED) is 0.325. The zero-order valence-corrected chi connectivity index (χ0v) is 19.4. The van der Waals surface area contributed by atoms with E-state index in [0.717, 1.165) is 50.6 Å². The molecule has 32 heavy (non-hydrogen) atoms. The highest BCUT2D eigenvalue weighted by Gasteiger charge is 2.31. The molecule has 0 aromatic heterocycles. The molecule has 1 heterocycles. The summed E-state index contributed by atoms with van der Waals surface area (Å²) in [6, 6.07) is 7.22. The third-order valence-corrected chi connectivity index (χ3v) is 6.16. The van der Waals surface area contributed by atoms with Crippen LogP contribution in [0.4, 0.5) is 0 Å². The molecule has 1 saturated carbocycles. The van der Waals surface area contributed by atoms with Crippen molar-refractivity contribution in [1.82, 2.24) is 20.9 Å². The second-order valence-electron chi connectivity index (χ2n) is 8.49. The summed E-state index contributed by atoms with van der Waals surface area (Å²) in [4.78, 5) is 31.7. The minimum atomic E-state index is -0.131. The van der Waals surface area contributed by atoms with Gasteiger partial charge in [0.1, 0.15) is 5.75 Å². The van der Waals surface area contributed by atoms with Crippen LogP contribution in [0.2, 0.25) is 0 Å². The van der Waals surface area contributed by atoms with Gasteiger partial charge in [-0.2, -0.15) is 0 Å². The average molecular weight is 444 g/mol. The summed E-state index contributed by atoms with van der Waals surface area (Å²) >= 11 is 0. The topological polar surface area (TPSA) is 95.1 Å². The van der Waals surface area contributed by atoms with Crippen LogP contribution in [0.3, 0.4) is 0 Å². The van der Waals surface area contributed by atoms with Crippen LogP contribution in [0.15, 0.2) is 29.3 Å². The Hall–Kier alpha value is -2.77. The maximum atomic E-state index is 12.8. The molecule has 1 aliphatic heterocycles. The van der Waals surface area contributed by atoms with E-state index >= 15 is 0 Å². The van der Waals surface area contributed by atoms with Crippen LogP contribution in [0.5, 0.6) is 5.75 Å². The smallest absolute Gasteiger partial charge is 0.251 e. The van der Waals surface area contributed by atoms with Crippen molar-refractivity contribution < 1.29 is 14.3 Å². The molecule has 1 aliphatic carbocycles. The third kappa shape index (κ3) is 6.87. The number of benzene rings is 1. The van der Waals surface area contributed by atoms with E-state index in [-0.39, 0.29) is 17.9 Å². The zero-order valence-electron chi connectivity index (χ0n) is 19.4. The van der Waals surface area contributed by atoms with Crippen molar-refractivity contribution in [2.75, 3.05) is 39.8 Å². The number of likely N-dealkylation sites (tertiary alicyclic amines) is 1. The third-order valence-electron chi connectivity index (χ3n) is 6.16. The lowest BCUT2D eigenvalue weighted by Crippen LogP contribution is -2.46. The Morgan fingerprint density at radius 3 is 2.53 bits per heavy atom. The van der Waals surface area contributed by atoms with Gasteiger partial charge in [0.25, 0.3) is 5.91 Å². The minimum absolute atomic E-state index is 0.131. The van der Waals surface area contributed by atoms with Crippen molar-refractivity contribution >= 4 is 17.8 Å². The van der Waals surface area contributed by atoms with E-state index < -0.39 is 0 Å². The van der Waals surface area contributed by atoms with E-state index in [1.807, 2.05) is 11.8 Å². The Kier molecular flexibility index (Phi) is 9.19. The Labute approximate surface area is 191 Å². The van der Waals surface area contributed by atoms with Gasteiger partial charge in [-0.3, -0.25) is 14.6 Å². The van der Waals surface area contributed by atoms with E-state index in [0.29, 0.717) is 24.6 Å². The van der Waals surface area contributed by atoms with Gasteiger partial charge in [0.15, 0.2) is 5.96 Å². The molecule has 0 radical (unpaired) electrons. The highest BCUT2D eigenvalue weighted by molar-refractivity contribution is 5.94. The molecule has 2 amide bonds. The number of nitrogens with one attached hydrogen (secondary N) is 3. The van der Waals surface area contributed by atoms with Crippen LogP contribution in [0.25, 0.3) is 0 Å². The van der Waals surface area contributed by atoms with Crippen molar-refractivity contribution in [3.05, 3.63) is 29.8 Å². The van der Waals surface area contributed by atoms with E-state index in [1.165, 1.54) is 19.3 Å². The number of aliphatic imine (C=N–C) groups is 1. The van der Waals surface area contributed by atoms with E-state index in [2.05, 4.69) is 20.9 Å². The predicted molar refractivity (Wildman–Crippen MR) is 126 cm³/mol. The molecule has 8 nitrogen and oxygen atoms in total. The number of hydrogen-bond acceptors (Lipinski definition) is 4. The SMILES string of the molecule is CCNC(=NCCNC(=O)c1ccc(OC)cc1)NC1CCN(C(=O)C2CCCCC2)C1. The normalized spacial score (nSPS) is 19.5. The molecule has 0 bridgehead atoms. The molecule has 1 unspecified atom stereocenters. The molecule has 1 saturated heterocycles. The van der Waals surface area contributed by atoms with Crippen LogP contribution in [-0.4, -0.2) is 68.5 Å². The highest BCUT2D eigenvalue weighted by atomic mass is 16.5. The second-order valence-corrected chi connectivity index (χ2v) is 8.49. The van der Waals surface area contributed by atoms with Gasteiger partial charge in [-0.05, 0) is 50.5 Å². The summed E-state index contributed by atoms with van der Waals surface area (Å²) in [5, 5.41) is 9.60. The molecule has 1 aromatic rings. The first-order valence-electron chi connectivity index (χ1n) is 11.9. The van der Waals surface area contributed by atoms with Crippen molar-refractivity contribution in [3.8, 4) is 5.75 Å². The zero-order chi connectivity index (χ0) is 22.8. The Morgan fingerprint density at radius 2 is 1.84 bits per heavy atom. The molecular formula is C24H37N5O3. The summed E-state index contributed by atoms with van der Waals surface area (Å²) in [7, 11) is 1.60. The summed E-state index contributed by atoms with van der Waals surface area (Å²) in [5.74, 6) is 1.87. The van der Waals surface area contributed by atoms with E-state index in [1.54, 1.807) is 31.4 Å². The molecule has 0 spiro atoms. The maximum absolute atomic E-state index is 12.8. The predicted octanol–water partition coefficient (Wildman–Crippen LogP) is 2.16. The fourth-order valence-electron chi connectivity index (χ4n) is 4.38. The first kappa shape index (κ1) is 23.9. The molecule has 3 N–H and O–H groups in total. The van der Waals surface area contributed by atoms with Gasteiger partial charge in [0.05, 0.1) is 13.7 Å². The molecule has 3 rings (SSSR count). The van der Waals surface area contributed by atoms with Gasteiger partial charge < -0.3 is 25.6 Å². The second kappa shape index (κ2) is 12.3. The van der Waals surface area contributed by atoms with Gasteiger partial charge in [0.2, 0.25) is 5.91 Å². The van der Waals surface area contributed by atoms with Crippen LogP contribution >= 0.6 is 0 Å². The van der Waals surface area contributed by atoms with Crippen LogP contribution in [0.1, 0.15) is 55.8 Å². The first-order valence-corrected chi connectivity index (χ1v) is 11.9. The fraction of sp³-hybridized carbons (Fsp3) is 0.625. The van der Waals surface area contributed by atoms with Gasteiger partial charge in [-0.25, -0.2) is 0 Å². The number of nitrogens with zero attached hydrogens (tertiary/aromatic N) is 2. The number of guanidine groups is 1. The van der Waals surface area contributed by atoms with Gasteiger partial charge in [0, 0.05) is 43.7 Å². The lowest BCUT2D eigenvalue weighted by atomic mass is 9.88. The van der Waals surface area contributed by atoms with Crippen molar-refractivity contribution in [2.24, 2.45) is 10.9 Å². The molecule has 2 aliphatic rings. The Morgan fingerprint density at radius 1 is 1.09 bits per heavy atom. The van der Waals surface area contributed by atoms with Crippen LogP contribution in [0, 0.1) is 5.92 Å². The van der Waals surface area contributed by atoms with Gasteiger partial charge in [-0.15, -0.1) is 0 Å². The maximum Gasteiger partial charge on any atom is 0.251 e. The minimum Gasteiger partial charge on any atom is -0.497 e. The van der Waals surface area contributed by atoms with Crippen LogP contribution in [-0.2, 0) is 4.79 Å². The van der Waals surface area contributed by atoms with E-state index in [4.69, 9.17) is 4.74 Å². The first-order chi connectivity index (χ1) is 15.6. The lowest BCUT2D eigenvalue weighted by Gasteiger charge is -2.26. The number of carbonyl (C=O) groups excluding carboxylic acids is 2. The molecule has 2 fully saturated rings. The summed E-state index contributed by atoms with van der Waals surface area (Å²) in [5.41, 5.74) is 0.591. The van der Waals surface area contributed by atoms with E-state index in [9.17, 15) is 9.59 Å². The number of amides is 2. The average Bonchev–Trinajstić information content (AvgIpc) is 3.30. The lowest BCUT2D eigenvalue weighted by molar-refractivity contribution is -0.135. The molecule has 1 aromatic carbocycles. The van der Waals surface area contributed by atoms with Gasteiger partial charge >= 0.3 is 0 Å². The number of carbonyl (C=O) groups is 2. The van der Waals surface area contributed by atoms with Crippen molar-refractivity contribution in [1.29, 1.82) is 0 Å². The molecule has 176 valence electrons.